The van der Waals surface area contributed by atoms with Gasteiger partial charge < -0.3 is 9.52 Å². The number of aliphatic hydroxyl groups is 1. The predicted molar refractivity (Wildman–Crippen MR) is 80.3 cm³/mol. The van der Waals surface area contributed by atoms with Gasteiger partial charge in [0.25, 0.3) is 0 Å². The number of thioether (sulfide) groups is 1. The number of rotatable bonds is 5. The molecule has 1 heterocycles. The highest BCUT2D eigenvalue weighted by atomic mass is 32.2. The number of hydrogen-bond acceptors (Lipinski definition) is 5. The first-order valence-electron chi connectivity index (χ1n) is 6.35. The zero-order valence-electron chi connectivity index (χ0n) is 11.4. The van der Waals surface area contributed by atoms with Gasteiger partial charge in [-0.25, -0.2) is 5.84 Å². The zero-order valence-corrected chi connectivity index (χ0v) is 12.2. The first-order chi connectivity index (χ1) is 9.54. The molecule has 0 saturated heterocycles. The van der Waals surface area contributed by atoms with Crippen molar-refractivity contribution in [2.45, 2.75) is 31.0 Å². The van der Waals surface area contributed by atoms with Gasteiger partial charge in [-0.3, -0.25) is 10.2 Å². The Kier molecular flexibility index (Phi) is 4.69. The molecule has 1 aromatic carbocycles. The summed E-state index contributed by atoms with van der Waals surface area (Å²) in [7, 11) is 0. The summed E-state index contributed by atoms with van der Waals surface area (Å²) in [5.74, 6) is 5.56. The van der Waals surface area contributed by atoms with Crippen LogP contribution in [0, 0.1) is 0 Å². The van der Waals surface area contributed by atoms with Gasteiger partial charge in [0.05, 0.1) is 6.10 Å². The van der Waals surface area contributed by atoms with Crippen LogP contribution in [0.5, 0.6) is 0 Å². The zero-order chi connectivity index (χ0) is 14.7. The molecule has 0 spiro atoms. The lowest BCUT2D eigenvalue weighted by atomic mass is 10.1. The summed E-state index contributed by atoms with van der Waals surface area (Å²) in [6, 6.07) is 7.48. The molecule has 1 aromatic heterocycles. The SMILES string of the molecule is CC(O)C(C)SCc1c(C(=O)NN)oc2ccccc12. The highest BCUT2D eigenvalue weighted by Crippen LogP contribution is 2.31. The third-order valence-electron chi connectivity index (χ3n) is 3.21. The second-order valence-corrected chi connectivity index (χ2v) is 6.00. The van der Waals surface area contributed by atoms with Crippen molar-refractivity contribution in [1.29, 1.82) is 0 Å². The molecule has 5 nitrogen and oxygen atoms in total. The molecule has 6 heteroatoms. The normalized spacial score (nSPS) is 14.2. The van der Waals surface area contributed by atoms with E-state index < -0.39 is 12.0 Å². The Hall–Kier alpha value is -1.50. The Morgan fingerprint density at radius 3 is 2.80 bits per heavy atom. The molecule has 0 aliphatic rings. The van der Waals surface area contributed by atoms with Gasteiger partial charge in [0.15, 0.2) is 5.76 Å². The molecule has 20 heavy (non-hydrogen) atoms. The van der Waals surface area contributed by atoms with E-state index in [0.29, 0.717) is 11.3 Å². The van der Waals surface area contributed by atoms with Crippen molar-refractivity contribution in [1.82, 2.24) is 5.43 Å². The van der Waals surface area contributed by atoms with Crippen LogP contribution in [0.25, 0.3) is 11.0 Å². The highest BCUT2D eigenvalue weighted by Gasteiger charge is 2.21. The van der Waals surface area contributed by atoms with Crippen LogP contribution in [0.1, 0.15) is 30.0 Å². The second kappa shape index (κ2) is 6.30. The number of furan rings is 1. The summed E-state index contributed by atoms with van der Waals surface area (Å²) >= 11 is 1.57. The molecule has 0 fully saturated rings. The molecule has 2 aromatic rings. The summed E-state index contributed by atoms with van der Waals surface area (Å²) in [5.41, 5.74) is 3.57. The van der Waals surface area contributed by atoms with Crippen LogP contribution in [-0.4, -0.2) is 22.4 Å². The molecule has 1 amide bonds. The summed E-state index contributed by atoms with van der Waals surface area (Å²) in [6.07, 6.45) is -0.412. The van der Waals surface area contributed by atoms with Gasteiger partial charge >= 0.3 is 5.91 Å². The molecule has 0 radical (unpaired) electrons. The van der Waals surface area contributed by atoms with E-state index in [1.165, 1.54) is 0 Å². The van der Waals surface area contributed by atoms with Crippen LogP contribution in [0.15, 0.2) is 28.7 Å². The van der Waals surface area contributed by atoms with E-state index in [2.05, 4.69) is 5.43 Å². The topological polar surface area (TPSA) is 88.5 Å². The maximum atomic E-state index is 11.8. The van der Waals surface area contributed by atoms with E-state index in [1.54, 1.807) is 18.7 Å². The lowest BCUT2D eigenvalue weighted by Crippen LogP contribution is -2.30. The highest BCUT2D eigenvalue weighted by molar-refractivity contribution is 7.99. The summed E-state index contributed by atoms with van der Waals surface area (Å²) < 4.78 is 5.58. The van der Waals surface area contributed by atoms with Gasteiger partial charge in [0.2, 0.25) is 0 Å². The van der Waals surface area contributed by atoms with Gasteiger partial charge in [-0.2, -0.15) is 11.8 Å². The van der Waals surface area contributed by atoms with Crippen molar-refractivity contribution < 1.29 is 14.3 Å². The van der Waals surface area contributed by atoms with Gasteiger partial charge in [0.1, 0.15) is 5.58 Å². The number of nitrogens with two attached hydrogens (primary N) is 1. The molecular weight excluding hydrogens is 276 g/mol. The molecule has 2 rings (SSSR count). The van der Waals surface area contributed by atoms with E-state index >= 15 is 0 Å². The maximum Gasteiger partial charge on any atom is 0.301 e. The number of aliphatic hydroxyl groups excluding tert-OH is 1. The van der Waals surface area contributed by atoms with Crippen LogP contribution < -0.4 is 11.3 Å². The average molecular weight is 294 g/mol. The molecule has 0 aliphatic heterocycles. The number of hydrogen-bond donors (Lipinski definition) is 3. The van der Waals surface area contributed by atoms with Crippen molar-refractivity contribution in [3.05, 3.63) is 35.6 Å². The number of hydrazine groups is 1. The van der Waals surface area contributed by atoms with E-state index in [1.807, 2.05) is 31.2 Å². The van der Waals surface area contributed by atoms with Crippen molar-refractivity contribution in [2.24, 2.45) is 5.84 Å². The first-order valence-corrected chi connectivity index (χ1v) is 7.40. The van der Waals surface area contributed by atoms with Gasteiger partial charge in [-0.05, 0) is 13.0 Å². The maximum absolute atomic E-state index is 11.8. The summed E-state index contributed by atoms with van der Waals surface area (Å²) in [4.78, 5) is 11.8. The van der Waals surface area contributed by atoms with Gasteiger partial charge in [-0.1, -0.05) is 25.1 Å². The monoisotopic (exact) mass is 294 g/mol. The third kappa shape index (κ3) is 2.98. The fourth-order valence-corrected chi connectivity index (χ4v) is 2.84. The minimum Gasteiger partial charge on any atom is -0.451 e. The van der Waals surface area contributed by atoms with Crippen LogP contribution in [-0.2, 0) is 5.75 Å². The fraction of sp³-hybridized carbons (Fsp3) is 0.357. The molecule has 0 saturated carbocycles. The Labute approximate surface area is 121 Å². The summed E-state index contributed by atoms with van der Waals surface area (Å²) in [5, 5.41) is 10.5. The first kappa shape index (κ1) is 14.9. The second-order valence-electron chi connectivity index (χ2n) is 4.64. The largest absolute Gasteiger partial charge is 0.451 e. The van der Waals surface area contributed by atoms with E-state index in [-0.39, 0.29) is 11.0 Å². The lowest BCUT2D eigenvalue weighted by molar-refractivity contribution is 0.0927. The number of fused-ring (bicyclic) bond motifs is 1. The molecule has 0 aliphatic carbocycles. The van der Waals surface area contributed by atoms with Crippen molar-refractivity contribution in [3.63, 3.8) is 0 Å². The smallest absolute Gasteiger partial charge is 0.301 e. The van der Waals surface area contributed by atoms with Crippen LogP contribution in [0.3, 0.4) is 0 Å². The average Bonchev–Trinajstić information content (AvgIpc) is 2.82. The Morgan fingerprint density at radius 1 is 1.45 bits per heavy atom. The molecule has 2 atom stereocenters. The number of amides is 1. The van der Waals surface area contributed by atoms with Crippen LogP contribution in [0.2, 0.25) is 0 Å². The standard InChI is InChI=1S/C14H18N2O3S/c1-8(17)9(2)20-7-11-10-5-3-4-6-12(10)19-13(11)14(18)16-15/h3-6,8-9,17H,7,15H2,1-2H3,(H,16,18). The fourth-order valence-electron chi connectivity index (χ4n) is 1.85. The van der Waals surface area contributed by atoms with Crippen molar-refractivity contribution in [2.75, 3.05) is 0 Å². The third-order valence-corrected chi connectivity index (χ3v) is 4.58. The number of nitrogen functional groups attached to an aromatic ring is 1. The number of nitrogens with one attached hydrogen (secondary N) is 1. The molecule has 4 N–H and O–H groups in total. The minimum atomic E-state index is -0.443. The molecular formula is C14H18N2O3S. The van der Waals surface area contributed by atoms with E-state index in [4.69, 9.17) is 10.3 Å². The number of carbonyl (C=O) groups is 1. The summed E-state index contributed by atoms with van der Waals surface area (Å²) in [6.45, 7) is 3.69. The van der Waals surface area contributed by atoms with Gasteiger partial charge in [-0.15, -0.1) is 0 Å². The van der Waals surface area contributed by atoms with E-state index in [0.717, 1.165) is 10.9 Å². The minimum absolute atomic E-state index is 0.0671. The van der Waals surface area contributed by atoms with Crippen LogP contribution >= 0.6 is 11.8 Å². The Bertz CT molecular complexity index is 609. The van der Waals surface area contributed by atoms with E-state index in [9.17, 15) is 9.90 Å². The molecule has 2 unspecified atom stereocenters. The predicted octanol–water partition coefficient (Wildman–Crippen LogP) is 2.04. The van der Waals surface area contributed by atoms with Crippen LogP contribution in [0.4, 0.5) is 0 Å². The molecule has 108 valence electrons. The number of para-hydroxylation sites is 1. The lowest BCUT2D eigenvalue weighted by Gasteiger charge is -2.13. The Morgan fingerprint density at radius 2 is 2.15 bits per heavy atom. The molecule has 0 bridgehead atoms. The van der Waals surface area contributed by atoms with Gasteiger partial charge in [0, 0.05) is 22.0 Å². The van der Waals surface area contributed by atoms with Crippen molar-refractivity contribution in [3.8, 4) is 0 Å². The van der Waals surface area contributed by atoms with Crippen molar-refractivity contribution >= 4 is 28.6 Å². The quantitative estimate of drug-likeness (QED) is 0.446. The Balaban J connectivity index is 2.35. The number of carbonyl (C=O) groups excluding carboxylic acids is 1. The number of benzene rings is 1.